The highest BCUT2D eigenvalue weighted by Gasteiger charge is 2.10. The molecule has 4 aromatic rings. The minimum Gasteiger partial charge on any atom is -0.349 e. The van der Waals surface area contributed by atoms with E-state index < -0.39 is 0 Å². The van der Waals surface area contributed by atoms with Crippen LogP contribution in [0.5, 0.6) is 0 Å². The third-order valence-corrected chi connectivity index (χ3v) is 4.32. The summed E-state index contributed by atoms with van der Waals surface area (Å²) in [5.74, 6) is -0.338. The monoisotopic (exact) mass is 412 g/mol. The SMILES string of the molecule is O=C(Cn1nnc2ccccc2c1=O)NCc1cn2cc(Br)ccc2n1. The molecule has 8 nitrogen and oxygen atoms in total. The Hall–Kier alpha value is -3.07. The summed E-state index contributed by atoms with van der Waals surface area (Å²) in [6.45, 7) is 0.0590. The number of carbonyl (C=O) groups is 1. The van der Waals surface area contributed by atoms with Crippen LogP contribution in [-0.2, 0) is 17.9 Å². The Morgan fingerprint density at radius 2 is 2.00 bits per heavy atom. The van der Waals surface area contributed by atoms with Gasteiger partial charge in [-0.2, -0.15) is 0 Å². The number of carbonyl (C=O) groups excluding carboxylic acids is 1. The third-order valence-electron chi connectivity index (χ3n) is 3.85. The number of rotatable bonds is 4. The first-order chi connectivity index (χ1) is 12.6. The van der Waals surface area contributed by atoms with Crippen molar-refractivity contribution in [2.24, 2.45) is 0 Å². The Kier molecular flexibility index (Phi) is 4.21. The lowest BCUT2D eigenvalue weighted by molar-refractivity contribution is -0.122. The second kappa shape index (κ2) is 6.68. The molecule has 26 heavy (non-hydrogen) atoms. The molecular formula is C17H13BrN6O2. The van der Waals surface area contributed by atoms with Crippen LogP contribution in [0.3, 0.4) is 0 Å². The molecule has 0 saturated carbocycles. The van der Waals surface area contributed by atoms with E-state index in [0.29, 0.717) is 16.6 Å². The van der Waals surface area contributed by atoms with Crippen molar-refractivity contribution in [1.29, 1.82) is 0 Å². The zero-order valence-corrected chi connectivity index (χ0v) is 15.0. The number of fused-ring (bicyclic) bond motifs is 2. The number of nitrogens with one attached hydrogen (secondary N) is 1. The van der Waals surface area contributed by atoms with Crippen LogP contribution in [0.15, 0.2) is 58.1 Å². The smallest absolute Gasteiger partial charge is 0.278 e. The van der Waals surface area contributed by atoms with Crippen LogP contribution in [0.1, 0.15) is 5.69 Å². The predicted molar refractivity (Wildman–Crippen MR) is 98.5 cm³/mol. The first kappa shape index (κ1) is 16.4. The molecule has 0 fully saturated rings. The second-order valence-electron chi connectivity index (χ2n) is 5.69. The highest BCUT2D eigenvalue weighted by molar-refractivity contribution is 9.10. The van der Waals surface area contributed by atoms with E-state index in [1.54, 1.807) is 24.3 Å². The second-order valence-corrected chi connectivity index (χ2v) is 6.61. The minimum atomic E-state index is -0.344. The summed E-state index contributed by atoms with van der Waals surface area (Å²) in [6, 6.07) is 10.7. The average Bonchev–Trinajstić information content (AvgIpc) is 3.04. The Labute approximate surface area is 155 Å². The van der Waals surface area contributed by atoms with Gasteiger partial charge in [-0.25, -0.2) is 9.67 Å². The molecule has 0 aliphatic rings. The van der Waals surface area contributed by atoms with E-state index in [-0.39, 0.29) is 24.6 Å². The van der Waals surface area contributed by atoms with Gasteiger partial charge < -0.3 is 9.72 Å². The fourth-order valence-corrected chi connectivity index (χ4v) is 2.96. The Morgan fingerprint density at radius 3 is 2.88 bits per heavy atom. The van der Waals surface area contributed by atoms with Crippen molar-refractivity contribution in [3.63, 3.8) is 0 Å². The van der Waals surface area contributed by atoms with Crippen LogP contribution in [0.4, 0.5) is 0 Å². The lowest BCUT2D eigenvalue weighted by atomic mass is 10.2. The zero-order chi connectivity index (χ0) is 18.1. The summed E-state index contributed by atoms with van der Waals surface area (Å²) in [6.07, 6.45) is 3.72. The molecule has 0 saturated heterocycles. The van der Waals surface area contributed by atoms with Crippen LogP contribution in [0, 0.1) is 0 Å². The summed E-state index contributed by atoms with van der Waals surface area (Å²) in [5.41, 5.74) is 1.66. The van der Waals surface area contributed by atoms with E-state index in [2.05, 4.69) is 36.5 Å². The maximum atomic E-state index is 12.3. The molecule has 130 valence electrons. The van der Waals surface area contributed by atoms with Gasteiger partial charge in [0.2, 0.25) is 5.91 Å². The van der Waals surface area contributed by atoms with Crippen molar-refractivity contribution in [1.82, 2.24) is 29.7 Å². The Morgan fingerprint density at radius 1 is 1.15 bits per heavy atom. The van der Waals surface area contributed by atoms with E-state index in [1.807, 2.05) is 28.9 Å². The number of aromatic nitrogens is 5. The standard InChI is InChI=1S/C17H13BrN6O2/c18-11-5-6-15-20-12(9-23(15)8-11)7-19-16(25)10-24-17(26)13-3-1-2-4-14(13)21-22-24/h1-6,8-9H,7,10H2,(H,19,25). The van der Waals surface area contributed by atoms with Crippen LogP contribution in [-0.4, -0.2) is 30.3 Å². The van der Waals surface area contributed by atoms with Crippen molar-refractivity contribution >= 4 is 38.4 Å². The fourth-order valence-electron chi connectivity index (χ4n) is 2.61. The number of hydrogen-bond acceptors (Lipinski definition) is 5. The normalized spacial score (nSPS) is 11.1. The zero-order valence-electron chi connectivity index (χ0n) is 13.5. The summed E-state index contributed by atoms with van der Waals surface area (Å²) < 4.78 is 3.86. The number of imidazole rings is 1. The lowest BCUT2D eigenvalue weighted by Crippen LogP contribution is -2.34. The first-order valence-corrected chi connectivity index (χ1v) is 8.62. The van der Waals surface area contributed by atoms with Gasteiger partial charge in [0.05, 0.1) is 17.6 Å². The van der Waals surface area contributed by atoms with E-state index in [4.69, 9.17) is 0 Å². The van der Waals surface area contributed by atoms with Crippen molar-refractivity contribution in [2.45, 2.75) is 13.1 Å². The Bertz CT molecular complexity index is 1180. The van der Waals surface area contributed by atoms with Crippen LogP contribution in [0.25, 0.3) is 16.6 Å². The molecule has 4 rings (SSSR count). The number of nitrogens with zero attached hydrogens (tertiary/aromatic N) is 5. The van der Waals surface area contributed by atoms with Crippen LogP contribution >= 0.6 is 15.9 Å². The molecule has 0 aliphatic heterocycles. The molecule has 3 aromatic heterocycles. The molecule has 3 heterocycles. The topological polar surface area (TPSA) is 94.2 Å². The number of pyridine rings is 1. The number of benzene rings is 1. The molecule has 0 bridgehead atoms. The van der Waals surface area contributed by atoms with Gasteiger partial charge in [0.1, 0.15) is 17.7 Å². The van der Waals surface area contributed by atoms with Gasteiger partial charge in [0.25, 0.3) is 5.56 Å². The molecule has 0 spiro atoms. The Balaban J connectivity index is 1.47. The van der Waals surface area contributed by atoms with E-state index >= 15 is 0 Å². The maximum Gasteiger partial charge on any atom is 0.278 e. The molecule has 0 unspecified atom stereocenters. The molecule has 1 N–H and O–H groups in total. The largest absolute Gasteiger partial charge is 0.349 e. The minimum absolute atomic E-state index is 0.199. The molecule has 9 heteroatoms. The molecule has 1 amide bonds. The van der Waals surface area contributed by atoms with E-state index in [0.717, 1.165) is 14.8 Å². The highest BCUT2D eigenvalue weighted by atomic mass is 79.9. The van der Waals surface area contributed by atoms with Gasteiger partial charge >= 0.3 is 0 Å². The van der Waals surface area contributed by atoms with Crippen molar-refractivity contribution < 1.29 is 4.79 Å². The molecular weight excluding hydrogens is 400 g/mol. The number of hydrogen-bond donors (Lipinski definition) is 1. The van der Waals surface area contributed by atoms with Crippen molar-refractivity contribution in [3.8, 4) is 0 Å². The first-order valence-electron chi connectivity index (χ1n) is 7.82. The van der Waals surface area contributed by atoms with Gasteiger partial charge in [0, 0.05) is 16.9 Å². The predicted octanol–water partition coefficient (Wildman–Crippen LogP) is 1.52. The van der Waals surface area contributed by atoms with Crippen molar-refractivity contribution in [3.05, 3.63) is 69.3 Å². The maximum absolute atomic E-state index is 12.3. The average molecular weight is 413 g/mol. The van der Waals surface area contributed by atoms with Gasteiger partial charge in [-0.05, 0) is 40.2 Å². The number of amides is 1. The summed E-state index contributed by atoms with van der Waals surface area (Å²) in [4.78, 5) is 28.9. The van der Waals surface area contributed by atoms with E-state index in [9.17, 15) is 9.59 Å². The molecule has 1 aromatic carbocycles. The van der Waals surface area contributed by atoms with Gasteiger partial charge in [0.15, 0.2) is 0 Å². The van der Waals surface area contributed by atoms with Crippen LogP contribution in [0.2, 0.25) is 0 Å². The highest BCUT2D eigenvalue weighted by Crippen LogP contribution is 2.12. The van der Waals surface area contributed by atoms with Gasteiger partial charge in [-0.15, -0.1) is 5.10 Å². The summed E-state index contributed by atoms with van der Waals surface area (Å²) in [7, 11) is 0. The lowest BCUT2D eigenvalue weighted by Gasteiger charge is -2.05. The molecule has 0 atom stereocenters. The summed E-state index contributed by atoms with van der Waals surface area (Å²) >= 11 is 3.40. The molecule has 0 aliphatic carbocycles. The number of halogens is 1. The van der Waals surface area contributed by atoms with Crippen molar-refractivity contribution in [2.75, 3.05) is 0 Å². The van der Waals surface area contributed by atoms with Gasteiger partial charge in [-0.3, -0.25) is 9.59 Å². The quantitative estimate of drug-likeness (QED) is 0.548. The molecule has 0 radical (unpaired) electrons. The fraction of sp³-hybridized carbons (Fsp3) is 0.118. The summed E-state index contributed by atoms with van der Waals surface area (Å²) in [5, 5.41) is 11.0. The van der Waals surface area contributed by atoms with Crippen LogP contribution < -0.4 is 10.9 Å². The van der Waals surface area contributed by atoms with E-state index in [1.165, 1.54) is 0 Å². The van der Waals surface area contributed by atoms with Gasteiger partial charge in [-0.1, -0.05) is 17.3 Å². The third kappa shape index (κ3) is 3.21.